The van der Waals surface area contributed by atoms with E-state index < -0.39 is 63.6 Å². The highest BCUT2D eigenvalue weighted by atomic mass is 32.2. The van der Waals surface area contributed by atoms with Gasteiger partial charge in [0.15, 0.2) is 0 Å². The van der Waals surface area contributed by atoms with Gasteiger partial charge in [0.1, 0.15) is 6.04 Å². The SMILES string of the molecule is CC[C@H](C)[C@@H]([C@H](CC(=O)N1CCC[C@H]1[C@H](OC)[C@@H](C)C(=O)NS(=O)(=O)c1ccc(N)cc1)OC)N(C)C(=O)[C@@H](NC(=O)C(C)(C)N)C(C)C. The molecule has 0 radical (unpaired) electrons. The average Bonchev–Trinajstić information content (AvgIpc) is 3.51. The Morgan fingerprint density at radius 2 is 1.65 bits per heavy atom. The van der Waals surface area contributed by atoms with Crippen LogP contribution in [0.1, 0.15) is 74.1 Å². The van der Waals surface area contributed by atoms with Gasteiger partial charge in [0, 0.05) is 33.5 Å². The number of hydrogen-bond donors (Lipinski definition) is 4. The number of carbonyl (C=O) groups excluding carboxylic acids is 4. The van der Waals surface area contributed by atoms with Crippen LogP contribution >= 0.6 is 0 Å². The van der Waals surface area contributed by atoms with Crippen LogP contribution in [0.15, 0.2) is 29.2 Å². The lowest BCUT2D eigenvalue weighted by atomic mass is 9.89. The molecule has 2 rings (SSSR count). The summed E-state index contributed by atoms with van der Waals surface area (Å²) in [6.45, 7) is 12.8. The standard InChI is InChI=1S/C34H58N6O8S/c1-11-21(4)29(39(8)32(43)28(20(2)3)37-33(44)34(6,7)36)26(47-9)19-27(41)40-18-12-13-25(40)30(48-10)22(5)31(42)38-49(45,46)24-16-14-23(35)15-17-24/h14-17,20-22,25-26,28-30H,11-13,18-19,35-36H2,1-10H3,(H,37,44)(H,38,42)/t21-,22+,25-,26-,28-,29-,30+/m0/s1. The van der Waals surface area contributed by atoms with E-state index in [1.807, 2.05) is 27.7 Å². The Labute approximate surface area is 292 Å². The minimum atomic E-state index is -4.17. The molecule has 14 nitrogen and oxygen atoms in total. The van der Waals surface area contributed by atoms with Gasteiger partial charge in [-0.05, 0) is 62.8 Å². The number of nitrogens with one attached hydrogen (secondary N) is 2. The molecule has 0 spiro atoms. The molecule has 1 aromatic carbocycles. The third-order valence-corrected chi connectivity index (χ3v) is 10.9. The summed E-state index contributed by atoms with van der Waals surface area (Å²) >= 11 is 0. The highest BCUT2D eigenvalue weighted by molar-refractivity contribution is 7.90. The van der Waals surface area contributed by atoms with Gasteiger partial charge in [-0.1, -0.05) is 41.0 Å². The molecule has 1 aliphatic heterocycles. The summed E-state index contributed by atoms with van der Waals surface area (Å²) < 4.78 is 39.6. The van der Waals surface area contributed by atoms with Crippen LogP contribution in [0.2, 0.25) is 0 Å². The predicted octanol–water partition coefficient (Wildman–Crippen LogP) is 1.87. The van der Waals surface area contributed by atoms with Gasteiger partial charge < -0.3 is 36.1 Å². The predicted molar refractivity (Wildman–Crippen MR) is 187 cm³/mol. The van der Waals surface area contributed by atoms with E-state index in [-0.39, 0.29) is 35.0 Å². The normalized spacial score (nSPS) is 19.0. The van der Waals surface area contributed by atoms with Crippen molar-refractivity contribution in [2.75, 3.05) is 33.5 Å². The van der Waals surface area contributed by atoms with Gasteiger partial charge in [0.25, 0.3) is 10.0 Å². The largest absolute Gasteiger partial charge is 0.399 e. The van der Waals surface area contributed by atoms with E-state index in [1.54, 1.807) is 37.6 Å². The number of likely N-dealkylation sites (N-methyl/N-ethyl adjacent to an activating group) is 1. The maximum absolute atomic E-state index is 14.0. The number of sulfonamides is 1. The second kappa shape index (κ2) is 17.6. The maximum atomic E-state index is 14.0. The van der Waals surface area contributed by atoms with E-state index >= 15 is 0 Å². The van der Waals surface area contributed by atoms with Gasteiger partial charge in [-0.3, -0.25) is 19.2 Å². The second-order valence-corrected chi connectivity index (χ2v) is 15.7. The number of likely N-dealkylation sites (tertiary alicyclic amines) is 1. The van der Waals surface area contributed by atoms with Crippen molar-refractivity contribution in [3.05, 3.63) is 24.3 Å². The van der Waals surface area contributed by atoms with Gasteiger partial charge >= 0.3 is 0 Å². The topological polar surface area (TPSA) is 203 Å². The number of benzene rings is 1. The Hall–Kier alpha value is -3.27. The van der Waals surface area contributed by atoms with Crippen molar-refractivity contribution in [1.82, 2.24) is 19.8 Å². The molecule has 0 saturated carbocycles. The van der Waals surface area contributed by atoms with Crippen molar-refractivity contribution in [3.63, 3.8) is 0 Å². The molecule has 49 heavy (non-hydrogen) atoms. The summed E-state index contributed by atoms with van der Waals surface area (Å²) in [5, 5.41) is 2.80. The molecule has 0 bridgehead atoms. The molecule has 278 valence electrons. The number of nitrogens with two attached hydrogens (primary N) is 2. The molecule has 15 heteroatoms. The Morgan fingerprint density at radius 3 is 2.14 bits per heavy atom. The molecular formula is C34H58N6O8S. The summed E-state index contributed by atoms with van der Waals surface area (Å²) in [5.74, 6) is -3.02. The molecular weight excluding hydrogens is 652 g/mol. The lowest BCUT2D eigenvalue weighted by molar-refractivity contribution is -0.147. The molecule has 0 unspecified atom stereocenters. The number of carbonyl (C=O) groups is 4. The van der Waals surface area contributed by atoms with Gasteiger partial charge in [0.05, 0.1) is 47.1 Å². The Morgan fingerprint density at radius 1 is 1.06 bits per heavy atom. The number of amides is 4. The number of nitrogens with zero attached hydrogens (tertiary/aromatic N) is 2. The van der Waals surface area contributed by atoms with Crippen LogP contribution in [0.3, 0.4) is 0 Å². The minimum absolute atomic E-state index is 0.0588. The lowest BCUT2D eigenvalue weighted by Crippen LogP contribution is -2.60. The molecule has 1 aromatic rings. The third-order valence-electron chi connectivity index (χ3n) is 9.49. The summed E-state index contributed by atoms with van der Waals surface area (Å²) in [6.07, 6.45) is 0.340. The van der Waals surface area contributed by atoms with Crippen LogP contribution in [0.4, 0.5) is 5.69 Å². The third kappa shape index (κ3) is 10.6. The first kappa shape index (κ1) is 41.9. The van der Waals surface area contributed by atoms with Crippen molar-refractivity contribution in [2.24, 2.45) is 23.5 Å². The number of rotatable bonds is 17. The van der Waals surface area contributed by atoms with Crippen LogP contribution in [-0.4, -0.2) is 106 Å². The van der Waals surface area contributed by atoms with Crippen molar-refractivity contribution < 1.29 is 37.1 Å². The van der Waals surface area contributed by atoms with Crippen LogP contribution < -0.4 is 21.5 Å². The van der Waals surface area contributed by atoms with Crippen LogP contribution in [0.25, 0.3) is 0 Å². The number of nitrogen functional groups attached to an aromatic ring is 1. The van der Waals surface area contributed by atoms with Gasteiger partial charge in [-0.2, -0.15) is 0 Å². The lowest BCUT2D eigenvalue weighted by Gasteiger charge is -2.41. The highest BCUT2D eigenvalue weighted by Crippen LogP contribution is 2.30. The first-order valence-corrected chi connectivity index (χ1v) is 18.3. The van der Waals surface area contributed by atoms with Crippen molar-refractivity contribution in [2.45, 2.75) is 115 Å². The zero-order valence-electron chi connectivity index (χ0n) is 30.7. The number of ether oxygens (including phenoxy) is 2. The second-order valence-electron chi connectivity index (χ2n) is 14.0. The van der Waals surface area contributed by atoms with Gasteiger partial charge in [-0.25, -0.2) is 13.1 Å². The van der Waals surface area contributed by atoms with Crippen LogP contribution in [0.5, 0.6) is 0 Å². The zero-order valence-corrected chi connectivity index (χ0v) is 31.5. The molecule has 6 N–H and O–H groups in total. The average molecular weight is 711 g/mol. The first-order valence-electron chi connectivity index (χ1n) is 16.8. The van der Waals surface area contributed by atoms with Gasteiger partial charge in [-0.15, -0.1) is 0 Å². The first-order chi connectivity index (χ1) is 22.7. The molecule has 1 heterocycles. The monoisotopic (exact) mass is 710 g/mol. The maximum Gasteiger partial charge on any atom is 0.264 e. The number of hydrogen-bond acceptors (Lipinski definition) is 10. The summed E-state index contributed by atoms with van der Waals surface area (Å²) in [7, 11) is 0.415. The Bertz CT molecular complexity index is 1400. The summed E-state index contributed by atoms with van der Waals surface area (Å²) in [4.78, 5) is 57.0. The van der Waals surface area contributed by atoms with E-state index in [1.165, 1.54) is 38.5 Å². The van der Waals surface area contributed by atoms with Crippen molar-refractivity contribution >= 4 is 39.3 Å². The summed E-state index contributed by atoms with van der Waals surface area (Å²) in [6, 6.07) is 3.61. The molecule has 0 aromatic heterocycles. The Balaban J connectivity index is 2.28. The molecule has 4 amide bonds. The minimum Gasteiger partial charge on any atom is -0.399 e. The molecule has 0 aliphatic carbocycles. The highest BCUT2D eigenvalue weighted by Gasteiger charge is 2.43. The van der Waals surface area contributed by atoms with E-state index in [2.05, 4.69) is 10.0 Å². The van der Waals surface area contributed by atoms with E-state index in [9.17, 15) is 27.6 Å². The molecule has 7 atom stereocenters. The van der Waals surface area contributed by atoms with Crippen LogP contribution in [-0.2, 0) is 38.7 Å². The number of anilines is 1. The van der Waals surface area contributed by atoms with E-state index in [0.717, 1.165) is 0 Å². The quantitative estimate of drug-likeness (QED) is 0.173. The zero-order chi connectivity index (χ0) is 37.4. The molecule has 1 saturated heterocycles. The summed E-state index contributed by atoms with van der Waals surface area (Å²) in [5.41, 5.74) is 10.9. The van der Waals surface area contributed by atoms with E-state index in [0.29, 0.717) is 31.5 Å². The van der Waals surface area contributed by atoms with E-state index in [4.69, 9.17) is 20.9 Å². The van der Waals surface area contributed by atoms with Crippen molar-refractivity contribution in [1.29, 1.82) is 0 Å². The number of methoxy groups -OCH3 is 2. The van der Waals surface area contributed by atoms with Crippen LogP contribution in [0, 0.1) is 17.8 Å². The molecule has 1 aliphatic rings. The molecule has 1 fully saturated rings. The Kier molecular flexibility index (Phi) is 15.0. The fourth-order valence-corrected chi connectivity index (χ4v) is 7.36. The fourth-order valence-electron chi connectivity index (χ4n) is 6.30. The van der Waals surface area contributed by atoms with Gasteiger partial charge in [0.2, 0.25) is 23.6 Å². The fraction of sp³-hybridized carbons (Fsp3) is 0.706. The smallest absolute Gasteiger partial charge is 0.264 e. The van der Waals surface area contributed by atoms with Crippen molar-refractivity contribution in [3.8, 4) is 0 Å².